The van der Waals surface area contributed by atoms with Gasteiger partial charge < -0.3 is 15.2 Å². The van der Waals surface area contributed by atoms with E-state index in [-0.39, 0.29) is 0 Å². The van der Waals surface area contributed by atoms with Crippen molar-refractivity contribution < 1.29 is 14.6 Å². The van der Waals surface area contributed by atoms with E-state index < -0.39 is 12.0 Å². The van der Waals surface area contributed by atoms with Gasteiger partial charge in [0.25, 0.3) is 0 Å². The summed E-state index contributed by atoms with van der Waals surface area (Å²) in [6, 6.07) is 5.91. The van der Waals surface area contributed by atoms with Gasteiger partial charge in [-0.15, -0.1) is 0 Å². The van der Waals surface area contributed by atoms with Crippen molar-refractivity contribution in [2.45, 2.75) is 45.2 Å². The van der Waals surface area contributed by atoms with E-state index in [2.05, 4.69) is 11.4 Å². The molecule has 1 fully saturated rings. The molecule has 0 heterocycles. The van der Waals surface area contributed by atoms with Gasteiger partial charge in [-0.05, 0) is 49.9 Å². The molecule has 0 bridgehead atoms. The molecular formula is C15H21NO3. The van der Waals surface area contributed by atoms with Crippen molar-refractivity contribution in [3.63, 3.8) is 0 Å². The Balaban J connectivity index is 1.81. The average molecular weight is 263 g/mol. The number of carboxylic acids is 1. The van der Waals surface area contributed by atoms with Gasteiger partial charge in [0.2, 0.25) is 0 Å². The third-order valence-corrected chi connectivity index (χ3v) is 3.18. The monoisotopic (exact) mass is 263 g/mol. The van der Waals surface area contributed by atoms with Crippen molar-refractivity contribution in [2.75, 3.05) is 6.61 Å². The first-order chi connectivity index (χ1) is 9.04. The number of carbonyl (C=O) groups is 1. The van der Waals surface area contributed by atoms with Gasteiger partial charge in [0.1, 0.15) is 11.8 Å². The Bertz CT molecular complexity index is 434. The van der Waals surface area contributed by atoms with Gasteiger partial charge in [0.05, 0.1) is 6.61 Å². The molecule has 1 aliphatic carbocycles. The van der Waals surface area contributed by atoms with Crippen LogP contribution in [0.5, 0.6) is 5.75 Å². The first-order valence-corrected chi connectivity index (χ1v) is 6.74. The van der Waals surface area contributed by atoms with Gasteiger partial charge in [-0.3, -0.25) is 4.79 Å². The lowest BCUT2D eigenvalue weighted by Gasteiger charge is -2.14. The summed E-state index contributed by atoms with van der Waals surface area (Å²) < 4.78 is 5.65. The first-order valence-electron chi connectivity index (χ1n) is 6.74. The molecule has 1 aromatic carbocycles. The molecule has 4 heteroatoms. The lowest BCUT2D eigenvalue weighted by Crippen LogP contribution is -2.39. The molecule has 2 rings (SSSR count). The fourth-order valence-electron chi connectivity index (χ4n) is 2.12. The van der Waals surface area contributed by atoms with Crippen LogP contribution >= 0.6 is 0 Å². The lowest BCUT2D eigenvalue weighted by atomic mass is 10.1. The summed E-state index contributed by atoms with van der Waals surface area (Å²) in [5, 5.41) is 12.2. The van der Waals surface area contributed by atoms with Crippen LogP contribution in [0.1, 0.15) is 30.4 Å². The predicted molar refractivity (Wildman–Crippen MR) is 73.6 cm³/mol. The average Bonchev–Trinajstić information content (AvgIpc) is 3.10. The van der Waals surface area contributed by atoms with Crippen LogP contribution in [0.2, 0.25) is 0 Å². The molecule has 1 aliphatic rings. The van der Waals surface area contributed by atoms with Crippen molar-refractivity contribution in [1.29, 1.82) is 0 Å². The van der Waals surface area contributed by atoms with Crippen LogP contribution in [-0.4, -0.2) is 29.8 Å². The van der Waals surface area contributed by atoms with Gasteiger partial charge in [-0.25, -0.2) is 0 Å². The second-order valence-corrected chi connectivity index (χ2v) is 5.29. The van der Waals surface area contributed by atoms with E-state index in [1.807, 2.05) is 26.0 Å². The van der Waals surface area contributed by atoms with Crippen LogP contribution in [0, 0.1) is 13.8 Å². The van der Waals surface area contributed by atoms with Gasteiger partial charge in [-0.2, -0.15) is 0 Å². The third-order valence-electron chi connectivity index (χ3n) is 3.18. The normalized spacial score (nSPS) is 16.1. The summed E-state index contributed by atoms with van der Waals surface area (Å²) in [5.74, 6) is 0.0176. The van der Waals surface area contributed by atoms with Crippen molar-refractivity contribution in [3.05, 3.63) is 29.3 Å². The van der Waals surface area contributed by atoms with Crippen LogP contribution < -0.4 is 10.1 Å². The number of benzene rings is 1. The molecule has 0 saturated heterocycles. The van der Waals surface area contributed by atoms with Crippen LogP contribution in [0.3, 0.4) is 0 Å². The number of rotatable bonds is 7. The van der Waals surface area contributed by atoms with Crippen LogP contribution in [0.15, 0.2) is 18.2 Å². The maximum atomic E-state index is 11.1. The summed E-state index contributed by atoms with van der Waals surface area (Å²) in [5.41, 5.74) is 2.31. The van der Waals surface area contributed by atoms with Crippen LogP contribution in [0.4, 0.5) is 0 Å². The molecule has 1 unspecified atom stereocenters. The minimum absolute atomic E-state index is 0.391. The van der Waals surface area contributed by atoms with Crippen molar-refractivity contribution >= 4 is 5.97 Å². The smallest absolute Gasteiger partial charge is 0.320 e. The summed E-state index contributed by atoms with van der Waals surface area (Å²) in [6.07, 6.45) is 2.66. The van der Waals surface area contributed by atoms with E-state index in [1.165, 1.54) is 0 Å². The molecule has 104 valence electrons. The molecule has 1 atom stereocenters. The fourth-order valence-corrected chi connectivity index (χ4v) is 2.12. The van der Waals surface area contributed by atoms with E-state index in [1.54, 1.807) is 0 Å². The molecular weight excluding hydrogens is 242 g/mol. The Morgan fingerprint density at radius 1 is 1.37 bits per heavy atom. The Kier molecular flexibility index (Phi) is 4.43. The standard InChI is InChI=1S/C15H21NO3/c1-10-7-11(2)9-13(8-10)19-6-5-14(15(17)18)16-12-3-4-12/h7-9,12,14,16H,3-6H2,1-2H3,(H,17,18). The van der Waals surface area contributed by atoms with Crippen molar-refractivity contribution in [2.24, 2.45) is 0 Å². The molecule has 0 spiro atoms. The molecule has 0 aliphatic heterocycles. The minimum atomic E-state index is -0.795. The number of hydrogen-bond acceptors (Lipinski definition) is 3. The molecule has 0 amide bonds. The van der Waals surface area contributed by atoms with Crippen LogP contribution in [-0.2, 0) is 4.79 Å². The van der Waals surface area contributed by atoms with E-state index in [9.17, 15) is 4.79 Å². The van der Waals surface area contributed by atoms with E-state index in [4.69, 9.17) is 9.84 Å². The minimum Gasteiger partial charge on any atom is -0.494 e. The number of nitrogens with one attached hydrogen (secondary N) is 1. The topological polar surface area (TPSA) is 58.6 Å². The molecule has 1 saturated carbocycles. The first kappa shape index (κ1) is 13.9. The highest BCUT2D eigenvalue weighted by atomic mass is 16.5. The zero-order valence-electron chi connectivity index (χ0n) is 11.5. The second kappa shape index (κ2) is 6.06. The molecule has 1 aromatic rings. The zero-order chi connectivity index (χ0) is 13.8. The quantitative estimate of drug-likeness (QED) is 0.792. The highest BCUT2D eigenvalue weighted by molar-refractivity contribution is 5.73. The molecule has 19 heavy (non-hydrogen) atoms. The predicted octanol–water partition coefficient (Wildman–Crippen LogP) is 2.28. The zero-order valence-corrected chi connectivity index (χ0v) is 11.5. The maximum Gasteiger partial charge on any atom is 0.320 e. The van der Waals surface area contributed by atoms with E-state index >= 15 is 0 Å². The molecule has 0 aromatic heterocycles. The van der Waals surface area contributed by atoms with Gasteiger partial charge in [-0.1, -0.05) is 6.07 Å². The largest absolute Gasteiger partial charge is 0.494 e. The Morgan fingerprint density at radius 2 is 2.00 bits per heavy atom. The SMILES string of the molecule is Cc1cc(C)cc(OCCC(NC2CC2)C(=O)O)c1. The summed E-state index contributed by atoms with van der Waals surface area (Å²) in [6.45, 7) is 4.46. The number of hydrogen-bond donors (Lipinski definition) is 2. The second-order valence-electron chi connectivity index (χ2n) is 5.29. The Morgan fingerprint density at radius 3 is 2.53 bits per heavy atom. The number of aryl methyl sites for hydroxylation is 2. The van der Waals surface area contributed by atoms with Gasteiger partial charge in [0, 0.05) is 12.5 Å². The number of carboxylic acid groups (broad SMARTS) is 1. The molecule has 2 N–H and O–H groups in total. The Labute approximate surface area is 113 Å². The van der Waals surface area contributed by atoms with E-state index in [0.29, 0.717) is 19.1 Å². The van der Waals surface area contributed by atoms with E-state index in [0.717, 1.165) is 29.7 Å². The van der Waals surface area contributed by atoms with Gasteiger partial charge in [0.15, 0.2) is 0 Å². The van der Waals surface area contributed by atoms with Crippen molar-refractivity contribution in [3.8, 4) is 5.75 Å². The summed E-state index contributed by atoms with van der Waals surface area (Å²) in [7, 11) is 0. The number of ether oxygens (including phenoxy) is 1. The highest BCUT2D eigenvalue weighted by Gasteiger charge is 2.27. The maximum absolute atomic E-state index is 11.1. The van der Waals surface area contributed by atoms with Crippen LogP contribution in [0.25, 0.3) is 0 Å². The van der Waals surface area contributed by atoms with Gasteiger partial charge >= 0.3 is 5.97 Å². The molecule has 0 radical (unpaired) electrons. The van der Waals surface area contributed by atoms with Crippen molar-refractivity contribution in [1.82, 2.24) is 5.32 Å². The molecule has 4 nitrogen and oxygen atoms in total. The summed E-state index contributed by atoms with van der Waals surface area (Å²) >= 11 is 0. The Hall–Kier alpha value is -1.55. The lowest BCUT2D eigenvalue weighted by molar-refractivity contribution is -0.139. The fraction of sp³-hybridized carbons (Fsp3) is 0.533. The third kappa shape index (κ3) is 4.56. The summed E-state index contributed by atoms with van der Waals surface area (Å²) in [4.78, 5) is 11.1. The highest BCUT2D eigenvalue weighted by Crippen LogP contribution is 2.20. The number of aliphatic carboxylic acids is 1.